The summed E-state index contributed by atoms with van der Waals surface area (Å²) in [6.07, 6.45) is 5.94. The van der Waals surface area contributed by atoms with E-state index in [1.54, 1.807) is 7.11 Å². The van der Waals surface area contributed by atoms with Gasteiger partial charge in [-0.3, -0.25) is 0 Å². The average molecular weight is 478 g/mol. The van der Waals surface area contributed by atoms with Crippen molar-refractivity contribution in [2.75, 3.05) is 44.8 Å². The first-order valence-electron chi connectivity index (χ1n) is 12.5. The third-order valence-corrected chi connectivity index (χ3v) is 6.96. The molecule has 2 aliphatic rings. The van der Waals surface area contributed by atoms with Gasteiger partial charge in [-0.1, -0.05) is 12.1 Å². The second-order valence-corrected chi connectivity index (χ2v) is 9.64. The van der Waals surface area contributed by atoms with Crippen molar-refractivity contribution in [2.45, 2.75) is 44.7 Å². The number of fused-ring (bicyclic) bond motifs is 2. The molecule has 2 N–H and O–H groups in total. The Hall–Kier alpha value is -3.26. The highest BCUT2D eigenvalue weighted by atomic mass is 16.7. The number of ether oxygens (including phenoxy) is 3. The molecule has 0 atom stereocenters. The van der Waals surface area contributed by atoms with Crippen LogP contribution in [0.5, 0.6) is 17.2 Å². The van der Waals surface area contributed by atoms with Crippen molar-refractivity contribution in [1.82, 2.24) is 15.3 Å². The summed E-state index contributed by atoms with van der Waals surface area (Å²) in [4.78, 5) is 11.6. The minimum atomic E-state index is 0.254. The van der Waals surface area contributed by atoms with Crippen LogP contribution in [0, 0.1) is 5.92 Å². The Morgan fingerprint density at radius 3 is 2.69 bits per heavy atom. The number of anilines is 2. The maximum atomic E-state index is 5.53. The lowest BCUT2D eigenvalue weighted by Gasteiger charge is -2.29. The van der Waals surface area contributed by atoms with Crippen LogP contribution in [0.3, 0.4) is 0 Å². The van der Waals surface area contributed by atoms with Crippen LogP contribution in [-0.2, 0) is 6.54 Å². The van der Waals surface area contributed by atoms with Crippen molar-refractivity contribution in [3.63, 3.8) is 0 Å². The van der Waals surface area contributed by atoms with Gasteiger partial charge in [0.1, 0.15) is 5.82 Å². The van der Waals surface area contributed by atoms with Crippen LogP contribution in [0.25, 0.3) is 10.9 Å². The zero-order valence-electron chi connectivity index (χ0n) is 20.8. The van der Waals surface area contributed by atoms with Gasteiger partial charge in [-0.25, -0.2) is 4.98 Å². The van der Waals surface area contributed by atoms with Crippen molar-refractivity contribution < 1.29 is 14.2 Å². The molecule has 186 valence electrons. The fourth-order valence-corrected chi connectivity index (χ4v) is 5.07. The molecule has 5 rings (SSSR count). The zero-order valence-corrected chi connectivity index (χ0v) is 20.8. The molecule has 1 aliphatic heterocycles. The molecule has 2 aromatic carbocycles. The standard InChI is InChI=1S/C27H35N5O3/c1-32(2)26-21-6-4-5-7-22(21)30-27(31-26)29-20-10-8-18(9-11-20)12-13-28-16-19-14-23(33-3)25-24(15-19)34-17-35-25/h4-7,14-15,18,20,28H,8-13,16-17H2,1-3H3,(H,29,30,31)/t18-,20+. The van der Waals surface area contributed by atoms with Crippen LogP contribution < -0.4 is 29.7 Å². The molecule has 1 aromatic heterocycles. The van der Waals surface area contributed by atoms with Gasteiger partial charge < -0.3 is 29.7 Å². The van der Waals surface area contributed by atoms with E-state index >= 15 is 0 Å². The monoisotopic (exact) mass is 477 g/mol. The topological polar surface area (TPSA) is 80.8 Å². The predicted octanol–water partition coefficient (Wildman–Crippen LogP) is 4.58. The Morgan fingerprint density at radius 2 is 1.89 bits per heavy atom. The van der Waals surface area contributed by atoms with E-state index in [-0.39, 0.29) is 6.79 Å². The van der Waals surface area contributed by atoms with Crippen LogP contribution in [0.15, 0.2) is 36.4 Å². The van der Waals surface area contributed by atoms with Gasteiger partial charge in [0.05, 0.1) is 12.6 Å². The number of hydrogen-bond donors (Lipinski definition) is 2. The molecule has 1 saturated carbocycles. The zero-order chi connectivity index (χ0) is 24.2. The molecular weight excluding hydrogens is 442 g/mol. The van der Waals surface area contributed by atoms with Crippen LogP contribution in [0.2, 0.25) is 0 Å². The fraction of sp³-hybridized carbons (Fsp3) is 0.481. The van der Waals surface area contributed by atoms with Gasteiger partial charge in [-0.05, 0) is 74.4 Å². The van der Waals surface area contributed by atoms with Gasteiger partial charge in [0.25, 0.3) is 0 Å². The molecule has 2 heterocycles. The quantitative estimate of drug-likeness (QED) is 0.434. The highest BCUT2D eigenvalue weighted by Gasteiger charge is 2.23. The number of nitrogens with zero attached hydrogens (tertiary/aromatic N) is 3. The smallest absolute Gasteiger partial charge is 0.231 e. The van der Waals surface area contributed by atoms with E-state index in [2.05, 4.69) is 27.7 Å². The molecule has 0 saturated heterocycles. The first-order chi connectivity index (χ1) is 17.1. The number of nitrogens with one attached hydrogen (secondary N) is 2. The Balaban J connectivity index is 1.08. The Bertz CT molecular complexity index is 1160. The molecule has 0 spiro atoms. The average Bonchev–Trinajstić information content (AvgIpc) is 3.35. The summed E-state index contributed by atoms with van der Waals surface area (Å²) in [5.41, 5.74) is 2.13. The van der Waals surface area contributed by atoms with E-state index < -0.39 is 0 Å². The lowest BCUT2D eigenvalue weighted by Crippen LogP contribution is -2.28. The number of rotatable bonds is 9. The highest BCUT2D eigenvalue weighted by molar-refractivity contribution is 5.90. The molecule has 1 aliphatic carbocycles. The second kappa shape index (κ2) is 10.6. The van der Waals surface area contributed by atoms with E-state index in [9.17, 15) is 0 Å². The third-order valence-electron chi connectivity index (χ3n) is 6.96. The van der Waals surface area contributed by atoms with E-state index in [0.717, 1.165) is 71.6 Å². The minimum Gasteiger partial charge on any atom is -0.493 e. The number of para-hydroxylation sites is 1. The highest BCUT2D eigenvalue weighted by Crippen LogP contribution is 2.41. The summed E-state index contributed by atoms with van der Waals surface area (Å²) >= 11 is 0. The van der Waals surface area contributed by atoms with Crippen LogP contribution in [0.1, 0.15) is 37.7 Å². The summed E-state index contributed by atoms with van der Waals surface area (Å²) < 4.78 is 16.4. The van der Waals surface area contributed by atoms with Gasteiger partial charge in [0.15, 0.2) is 11.5 Å². The van der Waals surface area contributed by atoms with Crippen LogP contribution >= 0.6 is 0 Å². The van der Waals surface area contributed by atoms with Crippen molar-refractivity contribution >= 4 is 22.7 Å². The first kappa shape index (κ1) is 23.5. The number of hydrogen-bond acceptors (Lipinski definition) is 8. The summed E-state index contributed by atoms with van der Waals surface area (Å²) in [6, 6.07) is 12.7. The molecule has 1 fully saturated rings. The van der Waals surface area contributed by atoms with E-state index in [0.29, 0.717) is 11.8 Å². The fourth-order valence-electron chi connectivity index (χ4n) is 5.07. The Labute approximate surface area is 207 Å². The van der Waals surface area contributed by atoms with E-state index in [4.69, 9.17) is 24.2 Å². The largest absolute Gasteiger partial charge is 0.493 e. The number of methoxy groups -OCH3 is 1. The van der Waals surface area contributed by atoms with Gasteiger partial charge in [0.2, 0.25) is 18.5 Å². The first-order valence-corrected chi connectivity index (χ1v) is 12.5. The molecule has 0 bridgehead atoms. The number of benzene rings is 2. The van der Waals surface area contributed by atoms with Crippen molar-refractivity contribution in [3.05, 3.63) is 42.0 Å². The molecule has 3 aromatic rings. The minimum absolute atomic E-state index is 0.254. The maximum absolute atomic E-state index is 5.53. The molecule has 8 nitrogen and oxygen atoms in total. The van der Waals surface area contributed by atoms with Crippen molar-refractivity contribution in [2.24, 2.45) is 5.92 Å². The summed E-state index contributed by atoms with van der Waals surface area (Å²) in [5.74, 6) is 4.64. The summed E-state index contributed by atoms with van der Waals surface area (Å²) in [5, 5.41) is 8.28. The van der Waals surface area contributed by atoms with Gasteiger partial charge >= 0.3 is 0 Å². The van der Waals surface area contributed by atoms with Crippen molar-refractivity contribution in [1.29, 1.82) is 0 Å². The van der Waals surface area contributed by atoms with E-state index in [1.165, 1.54) is 19.3 Å². The van der Waals surface area contributed by atoms with Gasteiger partial charge in [-0.15, -0.1) is 0 Å². The Morgan fingerprint density at radius 1 is 1.06 bits per heavy atom. The second-order valence-electron chi connectivity index (χ2n) is 9.64. The molecule has 0 amide bonds. The number of aromatic nitrogens is 2. The molecule has 8 heteroatoms. The van der Waals surface area contributed by atoms with Gasteiger partial charge in [0, 0.05) is 32.1 Å². The third kappa shape index (κ3) is 5.37. The summed E-state index contributed by atoms with van der Waals surface area (Å²) in [7, 11) is 5.72. The predicted molar refractivity (Wildman–Crippen MR) is 139 cm³/mol. The maximum Gasteiger partial charge on any atom is 0.231 e. The molecule has 35 heavy (non-hydrogen) atoms. The lowest BCUT2D eigenvalue weighted by atomic mass is 9.84. The Kier molecular flexibility index (Phi) is 7.08. The van der Waals surface area contributed by atoms with Crippen LogP contribution in [-0.4, -0.2) is 50.6 Å². The molecular formula is C27H35N5O3. The molecule has 0 radical (unpaired) electrons. The molecule has 0 unspecified atom stereocenters. The normalized spacial score (nSPS) is 19.1. The summed E-state index contributed by atoms with van der Waals surface area (Å²) in [6.45, 7) is 2.04. The van der Waals surface area contributed by atoms with Crippen LogP contribution in [0.4, 0.5) is 11.8 Å². The van der Waals surface area contributed by atoms with E-state index in [1.807, 2.05) is 38.4 Å². The van der Waals surface area contributed by atoms with Crippen molar-refractivity contribution in [3.8, 4) is 17.2 Å². The lowest BCUT2D eigenvalue weighted by molar-refractivity contribution is 0.171. The SMILES string of the molecule is COc1cc(CNCC[C@H]2CC[C@@H](Nc3nc(N(C)C)c4ccccc4n3)CC2)cc2c1OCO2. The van der Waals surface area contributed by atoms with Gasteiger partial charge in [-0.2, -0.15) is 4.98 Å².